The van der Waals surface area contributed by atoms with E-state index in [1.54, 1.807) is 35.4 Å². The molecule has 0 spiro atoms. The molecule has 1 aromatic carbocycles. The highest BCUT2D eigenvalue weighted by molar-refractivity contribution is 7.91. The smallest absolute Gasteiger partial charge is 0.311 e. The van der Waals surface area contributed by atoms with Gasteiger partial charge in [-0.15, -0.1) is 11.3 Å². The van der Waals surface area contributed by atoms with E-state index < -0.39 is 16.0 Å². The van der Waals surface area contributed by atoms with E-state index in [0.717, 1.165) is 32.5 Å². The van der Waals surface area contributed by atoms with Crippen molar-refractivity contribution in [3.05, 3.63) is 59.0 Å². The molecule has 1 saturated heterocycles. The summed E-state index contributed by atoms with van der Waals surface area (Å²) in [7, 11) is -2.48. The molecule has 3 aromatic heterocycles. The molecule has 4 aromatic rings. The molecule has 0 aliphatic carbocycles. The molecular formula is C23H21ClN4O5S2. The number of sulfonamides is 1. The number of hydrogen-bond acceptors (Lipinski definition) is 7. The summed E-state index contributed by atoms with van der Waals surface area (Å²) in [6.45, 7) is 0.517. The molecule has 182 valence electrons. The molecule has 0 saturated carbocycles. The Morgan fingerprint density at radius 2 is 2.03 bits per heavy atom. The standard InChI is InChI=1S/C23H21ClN4O5S2/c1-33-21(30)11-18-23-15(4-5-25-18)8-17(26-23)12-27-6-7-28(13-20(27)29)35(31,32)22-9-14-2-3-16(24)10-19(14)34-22/h2-5,8-10,26H,6-7,11-13H2,1H3. The van der Waals surface area contributed by atoms with Crippen molar-refractivity contribution in [3.8, 4) is 0 Å². The van der Waals surface area contributed by atoms with Crippen LogP contribution in [-0.4, -0.2) is 66.2 Å². The van der Waals surface area contributed by atoms with Crippen LogP contribution < -0.4 is 0 Å². The summed E-state index contributed by atoms with van der Waals surface area (Å²) < 4.78 is 33.3. The number of piperazine rings is 1. The molecule has 0 bridgehead atoms. The minimum absolute atomic E-state index is 0.0349. The fourth-order valence-corrected chi connectivity index (χ4v) is 7.31. The van der Waals surface area contributed by atoms with Gasteiger partial charge in [0.05, 0.1) is 37.8 Å². The number of ether oxygens (including phenoxy) is 1. The number of aromatic amines is 1. The summed E-state index contributed by atoms with van der Waals surface area (Å²) in [6.07, 6.45) is 1.65. The third kappa shape index (κ3) is 4.64. The summed E-state index contributed by atoms with van der Waals surface area (Å²) in [4.78, 5) is 33.7. The Hall–Kier alpha value is -2.99. The van der Waals surface area contributed by atoms with Crippen LogP contribution in [0.2, 0.25) is 5.02 Å². The number of carbonyl (C=O) groups is 2. The van der Waals surface area contributed by atoms with Crippen LogP contribution in [0.3, 0.4) is 0 Å². The highest BCUT2D eigenvalue weighted by atomic mass is 35.5. The number of fused-ring (bicyclic) bond motifs is 2. The molecule has 4 heterocycles. The van der Waals surface area contributed by atoms with Gasteiger partial charge in [0, 0.05) is 40.1 Å². The summed E-state index contributed by atoms with van der Waals surface area (Å²) in [5.74, 6) is -0.675. The number of pyridine rings is 1. The lowest BCUT2D eigenvalue weighted by Crippen LogP contribution is -2.51. The Kier molecular flexibility index (Phi) is 6.26. The first-order valence-electron chi connectivity index (χ1n) is 10.7. The zero-order chi connectivity index (χ0) is 24.7. The average Bonchev–Trinajstić information content (AvgIpc) is 3.44. The van der Waals surface area contributed by atoms with Crippen LogP contribution in [0, 0.1) is 0 Å². The van der Waals surface area contributed by atoms with Crippen molar-refractivity contribution in [1.29, 1.82) is 0 Å². The van der Waals surface area contributed by atoms with E-state index in [0.29, 0.717) is 22.8 Å². The van der Waals surface area contributed by atoms with Gasteiger partial charge in [0.15, 0.2) is 0 Å². The number of nitrogens with one attached hydrogen (secondary N) is 1. The average molecular weight is 533 g/mol. The summed E-state index contributed by atoms with van der Waals surface area (Å²) >= 11 is 7.17. The maximum atomic E-state index is 13.2. The lowest BCUT2D eigenvalue weighted by Gasteiger charge is -2.33. The van der Waals surface area contributed by atoms with Gasteiger partial charge in [0.2, 0.25) is 5.91 Å². The third-order valence-electron chi connectivity index (χ3n) is 5.91. The third-order valence-corrected chi connectivity index (χ3v) is 9.54. The lowest BCUT2D eigenvalue weighted by atomic mass is 10.2. The maximum absolute atomic E-state index is 13.2. The second-order valence-electron chi connectivity index (χ2n) is 8.17. The van der Waals surface area contributed by atoms with Gasteiger partial charge in [-0.1, -0.05) is 17.7 Å². The predicted molar refractivity (Wildman–Crippen MR) is 133 cm³/mol. The van der Waals surface area contributed by atoms with Crippen molar-refractivity contribution >= 4 is 65.8 Å². The van der Waals surface area contributed by atoms with E-state index in [-0.39, 0.29) is 36.2 Å². The number of esters is 1. The zero-order valence-electron chi connectivity index (χ0n) is 18.7. The minimum Gasteiger partial charge on any atom is -0.469 e. The molecule has 9 nitrogen and oxygen atoms in total. The van der Waals surface area contributed by atoms with Gasteiger partial charge in [0.25, 0.3) is 10.0 Å². The second-order valence-corrected chi connectivity index (χ2v) is 11.9. The van der Waals surface area contributed by atoms with Gasteiger partial charge >= 0.3 is 5.97 Å². The van der Waals surface area contributed by atoms with E-state index in [9.17, 15) is 18.0 Å². The molecule has 0 unspecified atom stereocenters. The molecule has 1 amide bonds. The number of H-pyrrole nitrogens is 1. The maximum Gasteiger partial charge on any atom is 0.311 e. The van der Waals surface area contributed by atoms with Crippen LogP contribution in [0.15, 0.2) is 46.8 Å². The summed E-state index contributed by atoms with van der Waals surface area (Å²) in [6, 6.07) is 10.6. The Morgan fingerprint density at radius 3 is 2.80 bits per heavy atom. The monoisotopic (exact) mass is 532 g/mol. The minimum atomic E-state index is -3.80. The van der Waals surface area contributed by atoms with Gasteiger partial charge in [-0.25, -0.2) is 8.42 Å². The number of hydrogen-bond donors (Lipinski definition) is 1. The Bertz CT molecular complexity index is 1560. The topological polar surface area (TPSA) is 113 Å². The first-order chi connectivity index (χ1) is 16.7. The first kappa shape index (κ1) is 23.7. The van der Waals surface area contributed by atoms with Crippen molar-refractivity contribution in [2.75, 3.05) is 26.7 Å². The van der Waals surface area contributed by atoms with Gasteiger partial charge < -0.3 is 14.6 Å². The van der Waals surface area contributed by atoms with Crippen LogP contribution >= 0.6 is 22.9 Å². The van der Waals surface area contributed by atoms with E-state index in [1.165, 1.54) is 11.4 Å². The molecule has 0 atom stereocenters. The van der Waals surface area contributed by atoms with Crippen molar-refractivity contribution in [3.63, 3.8) is 0 Å². The molecule has 0 radical (unpaired) electrons. The van der Waals surface area contributed by atoms with E-state index in [4.69, 9.17) is 16.3 Å². The van der Waals surface area contributed by atoms with E-state index >= 15 is 0 Å². The van der Waals surface area contributed by atoms with Crippen molar-refractivity contribution in [2.45, 2.75) is 17.2 Å². The molecule has 1 fully saturated rings. The van der Waals surface area contributed by atoms with Crippen molar-refractivity contribution in [1.82, 2.24) is 19.2 Å². The fourth-order valence-electron chi connectivity index (χ4n) is 4.10. The number of carbonyl (C=O) groups excluding carboxylic acids is 2. The lowest BCUT2D eigenvalue weighted by molar-refractivity contribution is -0.139. The van der Waals surface area contributed by atoms with Crippen LogP contribution in [0.25, 0.3) is 21.0 Å². The highest BCUT2D eigenvalue weighted by Crippen LogP contribution is 2.33. The number of benzene rings is 1. The van der Waals surface area contributed by atoms with Gasteiger partial charge in [0.1, 0.15) is 4.21 Å². The van der Waals surface area contributed by atoms with Gasteiger partial charge in [-0.2, -0.15) is 4.31 Å². The van der Waals surface area contributed by atoms with Crippen LogP contribution in [0.4, 0.5) is 0 Å². The number of nitrogens with zero attached hydrogens (tertiary/aromatic N) is 3. The molecule has 1 N–H and O–H groups in total. The van der Waals surface area contributed by atoms with E-state index in [2.05, 4.69) is 9.97 Å². The molecule has 12 heteroatoms. The number of halogens is 1. The first-order valence-corrected chi connectivity index (χ1v) is 13.4. The molecule has 1 aliphatic heterocycles. The number of amides is 1. The molecule has 1 aliphatic rings. The van der Waals surface area contributed by atoms with Crippen LogP contribution in [0.1, 0.15) is 11.4 Å². The van der Waals surface area contributed by atoms with Gasteiger partial charge in [-0.3, -0.25) is 14.6 Å². The largest absolute Gasteiger partial charge is 0.469 e. The predicted octanol–water partition coefficient (Wildman–Crippen LogP) is 3.18. The molecule has 35 heavy (non-hydrogen) atoms. The van der Waals surface area contributed by atoms with Crippen LogP contribution in [-0.2, 0) is 37.3 Å². The number of rotatable bonds is 6. The summed E-state index contributed by atoms with van der Waals surface area (Å²) in [5.41, 5.74) is 2.05. The fraction of sp³-hybridized carbons (Fsp3) is 0.261. The zero-order valence-corrected chi connectivity index (χ0v) is 21.0. The second kappa shape index (κ2) is 9.23. The Balaban J connectivity index is 1.31. The van der Waals surface area contributed by atoms with Gasteiger partial charge in [-0.05, 0) is 35.7 Å². The summed E-state index contributed by atoms with van der Waals surface area (Å²) in [5, 5.41) is 2.20. The van der Waals surface area contributed by atoms with Crippen molar-refractivity contribution in [2.24, 2.45) is 0 Å². The Morgan fingerprint density at radius 1 is 1.20 bits per heavy atom. The quantitative estimate of drug-likeness (QED) is 0.382. The molecule has 5 rings (SSSR count). The normalized spacial score (nSPS) is 15.3. The van der Waals surface area contributed by atoms with E-state index in [1.807, 2.05) is 12.1 Å². The number of thiophene rings is 1. The number of aromatic nitrogens is 2. The van der Waals surface area contributed by atoms with Crippen LogP contribution in [0.5, 0.6) is 0 Å². The molecular weight excluding hydrogens is 512 g/mol. The van der Waals surface area contributed by atoms with Crippen molar-refractivity contribution < 1.29 is 22.7 Å². The number of methoxy groups -OCH3 is 1. The Labute approximate surface area is 210 Å². The SMILES string of the molecule is COC(=O)Cc1nccc2cc(CN3CCN(S(=O)(=O)c4cc5ccc(Cl)cc5s4)CC3=O)[nH]c12. The highest BCUT2D eigenvalue weighted by Gasteiger charge is 2.34.